The van der Waals surface area contributed by atoms with Crippen LogP contribution in [0.3, 0.4) is 0 Å². The Morgan fingerprint density at radius 2 is 2.11 bits per heavy atom. The fourth-order valence-corrected chi connectivity index (χ4v) is 1.67. The Morgan fingerprint density at radius 3 is 2.83 bits per heavy atom. The molecule has 0 aliphatic carbocycles. The van der Waals surface area contributed by atoms with E-state index in [-0.39, 0.29) is 17.1 Å². The van der Waals surface area contributed by atoms with Crippen molar-refractivity contribution in [2.24, 2.45) is 0 Å². The summed E-state index contributed by atoms with van der Waals surface area (Å²) in [5.41, 5.74) is 6.79. The second kappa shape index (κ2) is 3.99. The van der Waals surface area contributed by atoms with E-state index in [9.17, 15) is 4.39 Å². The van der Waals surface area contributed by atoms with E-state index < -0.39 is 5.82 Å². The van der Waals surface area contributed by atoms with Gasteiger partial charge in [-0.05, 0) is 24.3 Å². The summed E-state index contributed by atoms with van der Waals surface area (Å²) in [4.78, 5) is 7.05. The summed E-state index contributed by atoms with van der Waals surface area (Å²) in [7, 11) is 0. The highest BCUT2D eigenvalue weighted by molar-refractivity contribution is 5.71. The Balaban J connectivity index is 2.09. The second-order valence-electron chi connectivity index (χ2n) is 3.71. The standard InChI is InChI=1S/C12H9FN4O/c13-7-3-1-4-8(14)10(7)12-16-11(17-18-12)9-5-2-6-15-9/h1-6,15H,14H2. The number of nitrogens with one attached hydrogen (secondary N) is 1. The second-order valence-corrected chi connectivity index (χ2v) is 3.71. The minimum atomic E-state index is -0.489. The molecule has 0 bridgehead atoms. The van der Waals surface area contributed by atoms with Crippen molar-refractivity contribution in [3.8, 4) is 23.0 Å². The molecule has 0 spiro atoms. The molecule has 0 saturated heterocycles. The zero-order valence-electron chi connectivity index (χ0n) is 9.22. The number of hydrogen-bond acceptors (Lipinski definition) is 4. The summed E-state index contributed by atoms with van der Waals surface area (Å²) in [6.07, 6.45) is 1.74. The van der Waals surface area contributed by atoms with Crippen LogP contribution in [0.25, 0.3) is 23.0 Å². The zero-order chi connectivity index (χ0) is 12.5. The van der Waals surface area contributed by atoms with Crippen molar-refractivity contribution in [3.63, 3.8) is 0 Å². The number of aromatic amines is 1. The third-order valence-corrected chi connectivity index (χ3v) is 2.52. The molecule has 0 saturated carbocycles. The molecular formula is C12H9FN4O. The van der Waals surface area contributed by atoms with E-state index in [2.05, 4.69) is 15.1 Å². The molecule has 2 heterocycles. The van der Waals surface area contributed by atoms with Crippen LogP contribution in [0.15, 0.2) is 41.1 Å². The molecule has 0 radical (unpaired) electrons. The summed E-state index contributed by atoms with van der Waals surface area (Å²) in [5, 5.41) is 3.78. The largest absolute Gasteiger partial charge is 0.398 e. The molecule has 90 valence electrons. The van der Waals surface area contributed by atoms with Crippen LogP contribution < -0.4 is 5.73 Å². The van der Waals surface area contributed by atoms with Gasteiger partial charge in [0.15, 0.2) is 0 Å². The van der Waals surface area contributed by atoms with E-state index in [1.165, 1.54) is 12.1 Å². The number of rotatable bonds is 2. The maximum absolute atomic E-state index is 13.7. The van der Waals surface area contributed by atoms with Crippen molar-refractivity contribution in [2.45, 2.75) is 0 Å². The Bertz CT molecular complexity index is 655. The van der Waals surface area contributed by atoms with E-state index >= 15 is 0 Å². The molecule has 0 unspecified atom stereocenters. The third-order valence-electron chi connectivity index (χ3n) is 2.52. The molecule has 1 aromatic carbocycles. The molecule has 0 amide bonds. The van der Waals surface area contributed by atoms with Crippen molar-refractivity contribution < 1.29 is 8.91 Å². The van der Waals surface area contributed by atoms with Gasteiger partial charge in [-0.15, -0.1) is 0 Å². The van der Waals surface area contributed by atoms with Gasteiger partial charge in [0.2, 0.25) is 5.82 Å². The van der Waals surface area contributed by atoms with Gasteiger partial charge in [-0.1, -0.05) is 11.2 Å². The van der Waals surface area contributed by atoms with Gasteiger partial charge < -0.3 is 15.2 Å². The SMILES string of the molecule is Nc1cccc(F)c1-c1nc(-c2ccc[nH]2)no1. The molecule has 3 rings (SSSR count). The van der Waals surface area contributed by atoms with E-state index in [1.54, 1.807) is 18.3 Å². The molecule has 5 nitrogen and oxygen atoms in total. The van der Waals surface area contributed by atoms with Gasteiger partial charge in [0.05, 0.1) is 11.3 Å². The minimum Gasteiger partial charge on any atom is -0.398 e. The number of anilines is 1. The summed E-state index contributed by atoms with van der Waals surface area (Å²) < 4.78 is 18.7. The first-order valence-corrected chi connectivity index (χ1v) is 5.27. The van der Waals surface area contributed by atoms with Crippen LogP contribution in [0.2, 0.25) is 0 Å². The third kappa shape index (κ3) is 1.64. The van der Waals surface area contributed by atoms with Crippen LogP contribution in [0.4, 0.5) is 10.1 Å². The van der Waals surface area contributed by atoms with Crippen LogP contribution in [-0.4, -0.2) is 15.1 Å². The smallest absolute Gasteiger partial charge is 0.263 e. The minimum absolute atomic E-state index is 0.0650. The maximum Gasteiger partial charge on any atom is 0.263 e. The van der Waals surface area contributed by atoms with Gasteiger partial charge in [0.25, 0.3) is 5.89 Å². The number of nitrogens with zero attached hydrogens (tertiary/aromatic N) is 2. The highest BCUT2D eigenvalue weighted by Crippen LogP contribution is 2.28. The summed E-state index contributed by atoms with van der Waals surface area (Å²) >= 11 is 0. The number of nitrogen functional groups attached to an aromatic ring is 1. The van der Waals surface area contributed by atoms with Gasteiger partial charge in [-0.3, -0.25) is 0 Å². The summed E-state index contributed by atoms with van der Waals surface area (Å²) in [6, 6.07) is 8.00. The summed E-state index contributed by atoms with van der Waals surface area (Å²) in [6.45, 7) is 0. The van der Waals surface area contributed by atoms with Gasteiger partial charge in [0, 0.05) is 11.9 Å². The normalized spacial score (nSPS) is 10.7. The van der Waals surface area contributed by atoms with Crippen LogP contribution >= 0.6 is 0 Å². The molecule has 2 aromatic heterocycles. The average molecular weight is 244 g/mol. The van der Waals surface area contributed by atoms with E-state index in [1.807, 2.05) is 6.07 Å². The Labute approximate surface area is 101 Å². The predicted octanol–water partition coefficient (Wildman–Crippen LogP) is 2.45. The molecular weight excluding hydrogens is 235 g/mol. The zero-order valence-corrected chi connectivity index (χ0v) is 9.22. The number of aromatic nitrogens is 3. The van der Waals surface area contributed by atoms with Gasteiger partial charge in [-0.2, -0.15) is 4.98 Å². The molecule has 0 aliphatic heterocycles. The summed E-state index contributed by atoms with van der Waals surface area (Å²) in [5.74, 6) is -0.0652. The molecule has 3 N–H and O–H groups in total. The van der Waals surface area contributed by atoms with Gasteiger partial charge in [-0.25, -0.2) is 4.39 Å². The van der Waals surface area contributed by atoms with Gasteiger partial charge in [0.1, 0.15) is 5.82 Å². The van der Waals surface area contributed by atoms with Crippen molar-refractivity contribution in [1.82, 2.24) is 15.1 Å². The van der Waals surface area contributed by atoms with Crippen molar-refractivity contribution in [3.05, 3.63) is 42.3 Å². The lowest BCUT2D eigenvalue weighted by molar-refractivity contribution is 0.430. The lowest BCUT2D eigenvalue weighted by Crippen LogP contribution is -1.93. The maximum atomic E-state index is 13.7. The first-order chi connectivity index (χ1) is 8.75. The highest BCUT2D eigenvalue weighted by Gasteiger charge is 2.17. The molecule has 0 fully saturated rings. The first-order valence-electron chi connectivity index (χ1n) is 5.27. The van der Waals surface area contributed by atoms with Crippen LogP contribution in [0.1, 0.15) is 0 Å². The first kappa shape index (κ1) is 10.5. The van der Waals surface area contributed by atoms with Crippen LogP contribution in [0, 0.1) is 5.82 Å². The van der Waals surface area contributed by atoms with Crippen LogP contribution in [0.5, 0.6) is 0 Å². The number of nitrogens with two attached hydrogens (primary N) is 1. The highest BCUT2D eigenvalue weighted by atomic mass is 19.1. The Morgan fingerprint density at radius 1 is 1.22 bits per heavy atom. The lowest BCUT2D eigenvalue weighted by Gasteiger charge is -2.00. The predicted molar refractivity (Wildman–Crippen MR) is 63.9 cm³/mol. The van der Waals surface area contributed by atoms with Crippen molar-refractivity contribution >= 4 is 5.69 Å². The molecule has 18 heavy (non-hydrogen) atoms. The Kier molecular flexibility index (Phi) is 2.33. The number of hydrogen-bond donors (Lipinski definition) is 2. The van der Waals surface area contributed by atoms with E-state index in [4.69, 9.17) is 10.3 Å². The molecule has 0 aliphatic rings. The molecule has 6 heteroatoms. The lowest BCUT2D eigenvalue weighted by atomic mass is 10.1. The number of halogens is 1. The van der Waals surface area contributed by atoms with E-state index in [0.29, 0.717) is 11.5 Å². The molecule has 3 aromatic rings. The van der Waals surface area contributed by atoms with Crippen molar-refractivity contribution in [1.29, 1.82) is 0 Å². The quantitative estimate of drug-likeness (QED) is 0.678. The van der Waals surface area contributed by atoms with Crippen LogP contribution in [-0.2, 0) is 0 Å². The Hall–Kier alpha value is -2.63. The number of benzene rings is 1. The fraction of sp³-hybridized carbons (Fsp3) is 0. The monoisotopic (exact) mass is 244 g/mol. The van der Waals surface area contributed by atoms with Gasteiger partial charge >= 0.3 is 0 Å². The number of H-pyrrole nitrogens is 1. The topological polar surface area (TPSA) is 80.7 Å². The van der Waals surface area contributed by atoms with E-state index in [0.717, 1.165) is 0 Å². The fourth-order valence-electron chi connectivity index (χ4n) is 1.67. The van der Waals surface area contributed by atoms with Crippen molar-refractivity contribution in [2.75, 3.05) is 5.73 Å². The average Bonchev–Trinajstić information content (AvgIpc) is 2.99. The molecule has 0 atom stereocenters.